The summed E-state index contributed by atoms with van der Waals surface area (Å²) in [6, 6.07) is 21.2. The molecule has 1 aromatic heterocycles. The smallest absolute Gasteiger partial charge is 0.341 e. The zero-order chi connectivity index (χ0) is 21.1. The number of hydrogen-bond donors (Lipinski definition) is 2. The number of carbonyl (C=O) groups excluding carboxylic acids is 1. The Morgan fingerprint density at radius 2 is 1.60 bits per heavy atom. The van der Waals surface area contributed by atoms with E-state index in [1.807, 2.05) is 42.5 Å². The van der Waals surface area contributed by atoms with Crippen molar-refractivity contribution in [2.75, 3.05) is 6.61 Å². The van der Waals surface area contributed by atoms with Gasteiger partial charge in [-0.3, -0.25) is 4.79 Å². The Morgan fingerprint density at radius 3 is 2.30 bits per heavy atom. The minimum absolute atomic E-state index is 0.394. The number of carbonyl (C=O) groups is 2. The second-order valence-electron chi connectivity index (χ2n) is 7.14. The molecule has 0 bridgehead atoms. The highest BCUT2D eigenvalue weighted by atomic mass is 16.5. The largest absolute Gasteiger partial charge is 0.481 e. The highest BCUT2D eigenvalue weighted by molar-refractivity contribution is 6.19. The molecule has 0 aliphatic carbocycles. The number of ether oxygens (including phenoxy) is 1. The molecule has 1 amide bonds. The van der Waals surface area contributed by atoms with Crippen LogP contribution in [0.2, 0.25) is 0 Å². The van der Waals surface area contributed by atoms with E-state index in [1.54, 1.807) is 12.1 Å². The van der Waals surface area contributed by atoms with E-state index in [1.165, 1.54) is 5.56 Å². The van der Waals surface area contributed by atoms with E-state index < -0.39 is 18.5 Å². The average molecular weight is 402 g/mol. The fourth-order valence-corrected chi connectivity index (χ4v) is 3.95. The van der Waals surface area contributed by atoms with Crippen molar-refractivity contribution in [2.45, 2.75) is 19.4 Å². The van der Waals surface area contributed by atoms with E-state index in [0.717, 1.165) is 30.4 Å². The number of aryl methyl sites for hydroxylation is 2. The van der Waals surface area contributed by atoms with Crippen LogP contribution in [0.15, 0.2) is 66.7 Å². The molecule has 0 spiro atoms. The molecule has 152 valence electrons. The lowest BCUT2D eigenvalue weighted by atomic mass is 10.1. The molecule has 6 heteroatoms. The Morgan fingerprint density at radius 1 is 0.900 bits per heavy atom. The fourth-order valence-electron chi connectivity index (χ4n) is 3.95. The summed E-state index contributed by atoms with van der Waals surface area (Å²) < 4.78 is 7.69. The summed E-state index contributed by atoms with van der Waals surface area (Å²) >= 11 is 0. The van der Waals surface area contributed by atoms with Crippen molar-refractivity contribution in [1.82, 2.24) is 4.57 Å². The normalized spacial score (nSPS) is 11.1. The summed E-state index contributed by atoms with van der Waals surface area (Å²) in [7, 11) is 0. The number of primary amides is 1. The highest BCUT2D eigenvalue weighted by Crippen LogP contribution is 2.37. The monoisotopic (exact) mass is 402 g/mol. The van der Waals surface area contributed by atoms with Gasteiger partial charge in [-0.15, -0.1) is 0 Å². The van der Waals surface area contributed by atoms with Gasteiger partial charge in [0.1, 0.15) is 5.75 Å². The highest BCUT2D eigenvalue weighted by Gasteiger charge is 2.19. The van der Waals surface area contributed by atoms with Crippen molar-refractivity contribution < 1.29 is 19.4 Å². The number of rotatable bonds is 8. The Kier molecular flexibility index (Phi) is 5.39. The molecule has 3 aromatic carbocycles. The summed E-state index contributed by atoms with van der Waals surface area (Å²) in [5, 5.41) is 10.4. The van der Waals surface area contributed by atoms with Crippen molar-refractivity contribution in [3.63, 3.8) is 0 Å². The maximum Gasteiger partial charge on any atom is 0.341 e. The number of aliphatic carboxylic acids is 1. The second kappa shape index (κ2) is 8.29. The Bertz CT molecular complexity index is 1230. The van der Waals surface area contributed by atoms with Gasteiger partial charge in [-0.2, -0.15) is 0 Å². The SMILES string of the molecule is NC(=O)c1cccc2c1c1c(OCC(=O)O)cccc1n2CCCc1ccccc1. The van der Waals surface area contributed by atoms with Crippen molar-refractivity contribution in [3.05, 3.63) is 77.9 Å². The number of hydrogen-bond acceptors (Lipinski definition) is 3. The van der Waals surface area contributed by atoms with Gasteiger partial charge >= 0.3 is 5.97 Å². The number of carboxylic acids is 1. The minimum atomic E-state index is -1.06. The molecular formula is C24H22N2O4. The van der Waals surface area contributed by atoms with Crippen LogP contribution in [0.1, 0.15) is 22.3 Å². The minimum Gasteiger partial charge on any atom is -0.481 e. The molecule has 0 atom stereocenters. The Labute approximate surface area is 173 Å². The van der Waals surface area contributed by atoms with Crippen LogP contribution < -0.4 is 10.5 Å². The Balaban J connectivity index is 1.82. The van der Waals surface area contributed by atoms with E-state index in [4.69, 9.17) is 15.6 Å². The number of benzene rings is 3. The fraction of sp³-hybridized carbons (Fsp3) is 0.167. The number of aromatic nitrogens is 1. The van der Waals surface area contributed by atoms with E-state index >= 15 is 0 Å². The van der Waals surface area contributed by atoms with Gasteiger partial charge in [0.2, 0.25) is 5.91 Å². The van der Waals surface area contributed by atoms with Gasteiger partial charge in [0.15, 0.2) is 6.61 Å². The summed E-state index contributed by atoms with van der Waals surface area (Å²) in [6.45, 7) is 0.276. The summed E-state index contributed by atoms with van der Waals surface area (Å²) in [6.07, 6.45) is 1.83. The van der Waals surface area contributed by atoms with E-state index in [0.29, 0.717) is 22.1 Å². The average Bonchev–Trinajstić information content (AvgIpc) is 3.07. The van der Waals surface area contributed by atoms with Crippen LogP contribution in [-0.4, -0.2) is 28.2 Å². The van der Waals surface area contributed by atoms with Crippen LogP contribution in [0.3, 0.4) is 0 Å². The summed E-state index contributed by atoms with van der Waals surface area (Å²) in [5.41, 5.74) is 9.06. The molecule has 0 radical (unpaired) electrons. The molecule has 6 nitrogen and oxygen atoms in total. The van der Waals surface area contributed by atoms with Gasteiger partial charge in [-0.1, -0.05) is 42.5 Å². The van der Waals surface area contributed by atoms with Crippen LogP contribution in [0.25, 0.3) is 21.8 Å². The molecule has 3 N–H and O–H groups in total. The lowest BCUT2D eigenvalue weighted by molar-refractivity contribution is -0.139. The van der Waals surface area contributed by atoms with Crippen molar-refractivity contribution in [3.8, 4) is 5.75 Å². The molecule has 0 unspecified atom stereocenters. The Hall–Kier alpha value is -3.80. The first-order valence-electron chi connectivity index (χ1n) is 9.78. The molecule has 30 heavy (non-hydrogen) atoms. The molecule has 4 aromatic rings. The van der Waals surface area contributed by atoms with Crippen LogP contribution in [-0.2, 0) is 17.8 Å². The van der Waals surface area contributed by atoms with Gasteiger partial charge < -0.3 is 20.1 Å². The molecule has 1 heterocycles. The molecule has 0 saturated carbocycles. The number of carboxylic acid groups (broad SMARTS) is 1. The lowest BCUT2D eigenvalue weighted by Gasteiger charge is -2.09. The van der Waals surface area contributed by atoms with Crippen molar-refractivity contribution in [1.29, 1.82) is 0 Å². The third-order valence-electron chi connectivity index (χ3n) is 5.18. The van der Waals surface area contributed by atoms with Crippen LogP contribution in [0, 0.1) is 0 Å². The first kappa shape index (κ1) is 19.5. The molecular weight excluding hydrogens is 380 g/mol. The number of nitrogens with two attached hydrogens (primary N) is 1. The standard InChI is InChI=1S/C24H22N2O4/c25-24(29)17-10-4-11-18-22(17)23-19(12-5-13-20(23)30-15-21(27)28)26(18)14-6-9-16-7-2-1-3-8-16/h1-5,7-8,10-13H,6,9,14-15H2,(H2,25,29)(H,27,28). The zero-order valence-corrected chi connectivity index (χ0v) is 16.4. The van der Waals surface area contributed by atoms with Crippen molar-refractivity contribution in [2.24, 2.45) is 5.73 Å². The summed E-state index contributed by atoms with van der Waals surface area (Å²) in [5.74, 6) is -1.17. The van der Waals surface area contributed by atoms with Crippen LogP contribution >= 0.6 is 0 Å². The first-order chi connectivity index (χ1) is 14.6. The maximum absolute atomic E-state index is 12.1. The zero-order valence-electron chi connectivity index (χ0n) is 16.4. The van der Waals surface area contributed by atoms with Crippen molar-refractivity contribution >= 4 is 33.7 Å². The second-order valence-corrected chi connectivity index (χ2v) is 7.14. The third kappa shape index (κ3) is 3.72. The molecule has 0 fully saturated rings. The number of amides is 1. The van der Waals surface area contributed by atoms with Gasteiger partial charge in [-0.25, -0.2) is 4.79 Å². The molecule has 0 aliphatic rings. The molecule has 0 aliphatic heterocycles. The molecule has 0 saturated heterocycles. The van der Waals surface area contributed by atoms with Gasteiger partial charge in [0.05, 0.1) is 16.4 Å². The van der Waals surface area contributed by atoms with E-state index in [-0.39, 0.29) is 0 Å². The lowest BCUT2D eigenvalue weighted by Crippen LogP contribution is -2.11. The predicted molar refractivity (Wildman–Crippen MR) is 116 cm³/mol. The van der Waals surface area contributed by atoms with E-state index in [9.17, 15) is 9.59 Å². The van der Waals surface area contributed by atoms with Crippen LogP contribution in [0.5, 0.6) is 5.75 Å². The van der Waals surface area contributed by atoms with Gasteiger partial charge in [0, 0.05) is 17.5 Å². The molecule has 4 rings (SSSR count). The third-order valence-corrected chi connectivity index (χ3v) is 5.18. The van der Waals surface area contributed by atoms with Crippen LogP contribution in [0.4, 0.5) is 0 Å². The number of fused-ring (bicyclic) bond motifs is 3. The topological polar surface area (TPSA) is 94.6 Å². The first-order valence-corrected chi connectivity index (χ1v) is 9.78. The summed E-state index contributed by atoms with van der Waals surface area (Å²) in [4.78, 5) is 23.1. The predicted octanol–water partition coefficient (Wildman–Crippen LogP) is 3.99. The number of nitrogens with zero attached hydrogens (tertiary/aromatic N) is 1. The quantitative estimate of drug-likeness (QED) is 0.466. The maximum atomic E-state index is 12.1. The van der Waals surface area contributed by atoms with Gasteiger partial charge in [0.25, 0.3) is 0 Å². The van der Waals surface area contributed by atoms with Gasteiger partial charge in [-0.05, 0) is 42.7 Å². The van der Waals surface area contributed by atoms with E-state index in [2.05, 4.69) is 16.7 Å².